The van der Waals surface area contributed by atoms with Crippen molar-refractivity contribution >= 4 is 15.9 Å². The number of pyridine rings is 1. The Balaban J connectivity index is 2.32. The van der Waals surface area contributed by atoms with Gasteiger partial charge >= 0.3 is 0 Å². The molecule has 17 heavy (non-hydrogen) atoms. The van der Waals surface area contributed by atoms with E-state index in [4.69, 9.17) is 4.74 Å². The maximum atomic E-state index is 5.81. The third kappa shape index (κ3) is 2.49. The molecule has 0 unspecified atom stereocenters. The number of hydrogen-bond acceptors (Lipinski definition) is 3. The smallest absolute Gasteiger partial charge is 0.221 e. The standard InChI is InChI=1S/C12H14BrN3O/c1-8-4-5-10(7-14-8)17-12-11(6-13)9(2)15-16(12)3/h4-5,7H,6H2,1-3H3. The number of halogens is 1. The number of rotatable bonds is 3. The topological polar surface area (TPSA) is 39.9 Å². The quantitative estimate of drug-likeness (QED) is 0.817. The largest absolute Gasteiger partial charge is 0.437 e. The van der Waals surface area contributed by atoms with E-state index in [1.807, 2.05) is 33.0 Å². The van der Waals surface area contributed by atoms with Crippen LogP contribution in [0.5, 0.6) is 11.6 Å². The zero-order valence-electron chi connectivity index (χ0n) is 10.1. The van der Waals surface area contributed by atoms with Crippen molar-refractivity contribution in [1.29, 1.82) is 0 Å². The summed E-state index contributed by atoms with van der Waals surface area (Å²) in [5.41, 5.74) is 3.01. The van der Waals surface area contributed by atoms with E-state index >= 15 is 0 Å². The summed E-state index contributed by atoms with van der Waals surface area (Å²) in [7, 11) is 1.87. The number of ether oxygens (including phenoxy) is 1. The lowest BCUT2D eigenvalue weighted by atomic mass is 10.3. The van der Waals surface area contributed by atoms with E-state index in [1.165, 1.54) is 0 Å². The highest BCUT2D eigenvalue weighted by atomic mass is 79.9. The van der Waals surface area contributed by atoms with E-state index in [-0.39, 0.29) is 0 Å². The van der Waals surface area contributed by atoms with Crippen molar-refractivity contribution in [3.63, 3.8) is 0 Å². The molecule has 0 aliphatic rings. The van der Waals surface area contributed by atoms with Gasteiger partial charge in [-0.05, 0) is 26.0 Å². The van der Waals surface area contributed by atoms with Crippen molar-refractivity contribution < 1.29 is 4.74 Å². The molecule has 0 fully saturated rings. The van der Waals surface area contributed by atoms with Crippen LogP contribution in [-0.4, -0.2) is 14.8 Å². The summed E-state index contributed by atoms with van der Waals surface area (Å²) < 4.78 is 7.56. The summed E-state index contributed by atoms with van der Waals surface area (Å²) in [5.74, 6) is 1.48. The SMILES string of the molecule is Cc1ccc(Oc2c(CBr)c(C)nn2C)cn1. The average molecular weight is 296 g/mol. The van der Waals surface area contributed by atoms with Crippen molar-refractivity contribution in [3.05, 3.63) is 35.3 Å². The van der Waals surface area contributed by atoms with Crippen molar-refractivity contribution in [3.8, 4) is 11.6 Å². The summed E-state index contributed by atoms with van der Waals surface area (Å²) in [6.45, 7) is 3.92. The molecule has 5 heteroatoms. The van der Waals surface area contributed by atoms with Crippen LogP contribution in [0.15, 0.2) is 18.3 Å². The first-order valence-electron chi connectivity index (χ1n) is 5.30. The van der Waals surface area contributed by atoms with Gasteiger partial charge in [0.2, 0.25) is 5.88 Å². The highest BCUT2D eigenvalue weighted by Crippen LogP contribution is 2.28. The first-order valence-corrected chi connectivity index (χ1v) is 6.43. The van der Waals surface area contributed by atoms with Gasteiger partial charge in [0.15, 0.2) is 0 Å². The molecule has 0 N–H and O–H groups in total. The first kappa shape index (κ1) is 12.1. The number of aryl methyl sites for hydroxylation is 3. The fourth-order valence-electron chi connectivity index (χ4n) is 1.59. The normalized spacial score (nSPS) is 10.6. The molecule has 2 rings (SSSR count). The van der Waals surface area contributed by atoms with Gasteiger partial charge in [0.25, 0.3) is 0 Å². The first-order chi connectivity index (χ1) is 8.11. The Bertz CT molecular complexity index is 519. The zero-order chi connectivity index (χ0) is 12.4. The van der Waals surface area contributed by atoms with Crippen LogP contribution in [0.1, 0.15) is 17.0 Å². The second kappa shape index (κ2) is 4.87. The Morgan fingerprint density at radius 2 is 2.12 bits per heavy atom. The van der Waals surface area contributed by atoms with Crippen LogP contribution in [0.25, 0.3) is 0 Å². The van der Waals surface area contributed by atoms with Crippen LogP contribution < -0.4 is 4.74 Å². The van der Waals surface area contributed by atoms with Gasteiger partial charge < -0.3 is 4.74 Å². The summed E-state index contributed by atoms with van der Waals surface area (Å²) in [5, 5.41) is 5.06. The van der Waals surface area contributed by atoms with Gasteiger partial charge in [0.1, 0.15) is 5.75 Å². The van der Waals surface area contributed by atoms with E-state index < -0.39 is 0 Å². The van der Waals surface area contributed by atoms with Gasteiger partial charge in [-0.2, -0.15) is 5.10 Å². The highest BCUT2D eigenvalue weighted by molar-refractivity contribution is 9.08. The molecule has 4 nitrogen and oxygen atoms in total. The molecule has 0 aliphatic heterocycles. The molecule has 0 spiro atoms. The van der Waals surface area contributed by atoms with E-state index in [0.717, 1.165) is 33.9 Å². The van der Waals surface area contributed by atoms with Crippen LogP contribution in [-0.2, 0) is 12.4 Å². The highest BCUT2D eigenvalue weighted by Gasteiger charge is 2.14. The molecule has 2 aromatic heterocycles. The van der Waals surface area contributed by atoms with Crippen LogP contribution in [0.3, 0.4) is 0 Å². The van der Waals surface area contributed by atoms with Gasteiger partial charge in [-0.3, -0.25) is 4.98 Å². The summed E-state index contributed by atoms with van der Waals surface area (Å²) in [6, 6.07) is 3.83. The third-order valence-corrected chi connectivity index (χ3v) is 3.08. The number of aromatic nitrogens is 3. The average Bonchev–Trinajstić information content (AvgIpc) is 2.57. The second-order valence-corrected chi connectivity index (χ2v) is 4.42. The van der Waals surface area contributed by atoms with E-state index in [9.17, 15) is 0 Å². The zero-order valence-corrected chi connectivity index (χ0v) is 11.7. The molecule has 0 aliphatic carbocycles. The Morgan fingerprint density at radius 1 is 1.35 bits per heavy atom. The summed E-state index contributed by atoms with van der Waals surface area (Å²) in [6.07, 6.45) is 1.72. The van der Waals surface area contributed by atoms with Crippen LogP contribution in [0.2, 0.25) is 0 Å². The van der Waals surface area contributed by atoms with Crippen LogP contribution in [0.4, 0.5) is 0 Å². The minimum atomic E-state index is 0.723. The van der Waals surface area contributed by atoms with E-state index in [1.54, 1.807) is 10.9 Å². The lowest BCUT2D eigenvalue weighted by Crippen LogP contribution is -1.97. The third-order valence-electron chi connectivity index (χ3n) is 2.52. The number of alkyl halides is 1. The van der Waals surface area contributed by atoms with Gasteiger partial charge in [-0.1, -0.05) is 15.9 Å². The Kier molecular flexibility index (Phi) is 3.47. The van der Waals surface area contributed by atoms with Gasteiger partial charge in [0.05, 0.1) is 11.9 Å². The lowest BCUT2D eigenvalue weighted by molar-refractivity contribution is 0.425. The Labute approximate surface area is 109 Å². The van der Waals surface area contributed by atoms with Crippen molar-refractivity contribution in [2.75, 3.05) is 0 Å². The van der Waals surface area contributed by atoms with E-state index in [2.05, 4.69) is 26.0 Å². The summed E-state index contributed by atoms with van der Waals surface area (Å²) in [4.78, 5) is 4.20. The van der Waals surface area contributed by atoms with Crippen molar-refractivity contribution in [2.45, 2.75) is 19.2 Å². The molecule has 0 atom stereocenters. The molecule has 0 bridgehead atoms. The molecule has 0 radical (unpaired) electrons. The van der Waals surface area contributed by atoms with Crippen molar-refractivity contribution in [1.82, 2.24) is 14.8 Å². The minimum Gasteiger partial charge on any atom is -0.437 e. The molecule has 0 saturated heterocycles. The Morgan fingerprint density at radius 3 is 2.71 bits per heavy atom. The van der Waals surface area contributed by atoms with Crippen LogP contribution >= 0.6 is 15.9 Å². The van der Waals surface area contributed by atoms with Crippen LogP contribution in [0, 0.1) is 13.8 Å². The van der Waals surface area contributed by atoms with Gasteiger partial charge in [-0.15, -0.1) is 0 Å². The fourth-order valence-corrected chi connectivity index (χ4v) is 2.23. The second-order valence-electron chi connectivity index (χ2n) is 3.86. The van der Waals surface area contributed by atoms with Crippen molar-refractivity contribution in [2.24, 2.45) is 7.05 Å². The fraction of sp³-hybridized carbons (Fsp3) is 0.333. The monoisotopic (exact) mass is 295 g/mol. The maximum Gasteiger partial charge on any atom is 0.221 e. The molecule has 2 heterocycles. The number of hydrogen-bond donors (Lipinski definition) is 0. The molecular formula is C12H14BrN3O. The molecule has 90 valence electrons. The molecule has 0 saturated carbocycles. The molecule has 0 aromatic carbocycles. The molecule has 2 aromatic rings. The minimum absolute atomic E-state index is 0.723. The Hall–Kier alpha value is -1.36. The lowest BCUT2D eigenvalue weighted by Gasteiger charge is -2.07. The maximum absolute atomic E-state index is 5.81. The predicted octanol–water partition coefficient (Wildman–Crippen LogP) is 3.12. The summed E-state index contributed by atoms with van der Waals surface area (Å²) >= 11 is 3.45. The molecular weight excluding hydrogens is 282 g/mol. The number of nitrogens with zero attached hydrogens (tertiary/aromatic N) is 3. The molecule has 0 amide bonds. The van der Waals surface area contributed by atoms with Gasteiger partial charge in [0, 0.05) is 23.6 Å². The van der Waals surface area contributed by atoms with E-state index in [0.29, 0.717) is 0 Å². The van der Waals surface area contributed by atoms with Gasteiger partial charge in [-0.25, -0.2) is 4.68 Å². The predicted molar refractivity (Wildman–Crippen MR) is 69.6 cm³/mol.